The molecule has 0 saturated carbocycles. The highest BCUT2D eigenvalue weighted by Crippen LogP contribution is 2.25. The summed E-state index contributed by atoms with van der Waals surface area (Å²) in [5.74, 6) is -1.59. The molecule has 1 saturated heterocycles. The normalized spacial score (nSPS) is 21.2. The number of rotatable bonds is 3. The van der Waals surface area contributed by atoms with Gasteiger partial charge in [0.15, 0.2) is 0 Å². The van der Waals surface area contributed by atoms with E-state index in [9.17, 15) is 13.2 Å². The second kappa shape index (κ2) is 5.48. The Morgan fingerprint density at radius 1 is 1.42 bits per heavy atom. The van der Waals surface area contributed by atoms with E-state index in [1.54, 1.807) is 12.1 Å². The Labute approximate surface area is 116 Å². The molecule has 0 aromatic heterocycles. The lowest BCUT2D eigenvalue weighted by Crippen LogP contribution is -2.42. The molecule has 19 heavy (non-hydrogen) atoms. The van der Waals surface area contributed by atoms with E-state index in [0.717, 1.165) is 0 Å². The first-order valence-electron chi connectivity index (χ1n) is 5.90. The molecule has 1 unspecified atom stereocenters. The Hall–Kier alpha value is -1.11. The van der Waals surface area contributed by atoms with Crippen molar-refractivity contribution >= 4 is 27.6 Å². The molecule has 1 fully saturated rings. The molecule has 7 heteroatoms. The average Bonchev–Trinajstić information content (AvgIpc) is 2.39. The number of carboxylic acid groups (broad SMARTS) is 1. The van der Waals surface area contributed by atoms with E-state index in [4.69, 9.17) is 16.7 Å². The number of nitrogens with zero attached hydrogens (tertiary/aromatic N) is 1. The van der Waals surface area contributed by atoms with Gasteiger partial charge in [-0.05, 0) is 31.0 Å². The lowest BCUT2D eigenvalue weighted by atomic mass is 10.0. The monoisotopic (exact) mass is 303 g/mol. The lowest BCUT2D eigenvalue weighted by Gasteiger charge is -2.29. The van der Waals surface area contributed by atoms with Gasteiger partial charge in [-0.25, -0.2) is 8.42 Å². The van der Waals surface area contributed by atoms with Crippen LogP contribution in [0.2, 0.25) is 5.02 Å². The van der Waals surface area contributed by atoms with Gasteiger partial charge in [0, 0.05) is 18.1 Å². The van der Waals surface area contributed by atoms with Crippen molar-refractivity contribution in [2.45, 2.75) is 17.7 Å². The molecule has 1 heterocycles. The maximum absolute atomic E-state index is 12.4. The quantitative estimate of drug-likeness (QED) is 0.924. The van der Waals surface area contributed by atoms with Gasteiger partial charge in [0.25, 0.3) is 0 Å². The largest absolute Gasteiger partial charge is 0.481 e. The molecule has 0 spiro atoms. The summed E-state index contributed by atoms with van der Waals surface area (Å²) in [7, 11) is -3.67. The Morgan fingerprint density at radius 2 is 2.16 bits per heavy atom. The molecule has 104 valence electrons. The summed E-state index contributed by atoms with van der Waals surface area (Å²) < 4.78 is 26.0. The van der Waals surface area contributed by atoms with Crippen molar-refractivity contribution in [3.8, 4) is 0 Å². The van der Waals surface area contributed by atoms with Gasteiger partial charge in [0.2, 0.25) is 10.0 Å². The molecule has 1 aromatic rings. The molecule has 1 atom stereocenters. The van der Waals surface area contributed by atoms with Gasteiger partial charge in [-0.3, -0.25) is 4.79 Å². The zero-order chi connectivity index (χ0) is 14.0. The zero-order valence-corrected chi connectivity index (χ0v) is 11.7. The van der Waals surface area contributed by atoms with Crippen LogP contribution >= 0.6 is 11.6 Å². The van der Waals surface area contributed by atoms with Gasteiger partial charge in [0.1, 0.15) is 0 Å². The Bertz CT molecular complexity index is 587. The minimum Gasteiger partial charge on any atom is -0.481 e. The number of halogens is 1. The van der Waals surface area contributed by atoms with Crippen molar-refractivity contribution in [3.63, 3.8) is 0 Å². The second-order valence-corrected chi connectivity index (χ2v) is 6.87. The molecule has 0 aliphatic carbocycles. The number of carbonyl (C=O) groups is 1. The van der Waals surface area contributed by atoms with Crippen LogP contribution in [0.15, 0.2) is 29.2 Å². The fraction of sp³-hybridized carbons (Fsp3) is 0.417. The van der Waals surface area contributed by atoms with Crippen LogP contribution in [0.1, 0.15) is 12.8 Å². The summed E-state index contributed by atoms with van der Waals surface area (Å²) in [5, 5.41) is 9.33. The summed E-state index contributed by atoms with van der Waals surface area (Å²) in [6.07, 6.45) is 1.06. The van der Waals surface area contributed by atoms with E-state index in [2.05, 4.69) is 0 Å². The van der Waals surface area contributed by atoms with Crippen LogP contribution in [-0.2, 0) is 14.8 Å². The van der Waals surface area contributed by atoms with E-state index in [1.807, 2.05) is 0 Å². The molecule has 1 aliphatic rings. The van der Waals surface area contributed by atoms with Gasteiger partial charge < -0.3 is 5.11 Å². The summed E-state index contributed by atoms with van der Waals surface area (Å²) in [4.78, 5) is 11.1. The van der Waals surface area contributed by atoms with Crippen LogP contribution in [0.4, 0.5) is 0 Å². The molecule has 1 N–H and O–H groups in total. The fourth-order valence-electron chi connectivity index (χ4n) is 2.14. The maximum atomic E-state index is 12.4. The molecule has 2 rings (SSSR count). The molecule has 0 bridgehead atoms. The molecular weight excluding hydrogens is 290 g/mol. The Balaban J connectivity index is 2.27. The predicted octanol–water partition coefficient (Wildman–Crippen LogP) is 1.83. The minimum absolute atomic E-state index is 0.0180. The summed E-state index contributed by atoms with van der Waals surface area (Å²) in [6, 6.07) is 6.00. The van der Waals surface area contributed by atoms with Crippen molar-refractivity contribution in [2.75, 3.05) is 13.1 Å². The van der Waals surface area contributed by atoms with Gasteiger partial charge in [-0.15, -0.1) is 0 Å². The molecule has 5 nitrogen and oxygen atoms in total. The molecule has 1 aromatic carbocycles. The summed E-state index contributed by atoms with van der Waals surface area (Å²) >= 11 is 5.79. The fourth-order valence-corrected chi connectivity index (χ4v) is 3.96. The van der Waals surface area contributed by atoms with E-state index in [1.165, 1.54) is 16.4 Å². The summed E-state index contributed by atoms with van der Waals surface area (Å²) in [6.45, 7) is 0.364. The highest BCUT2D eigenvalue weighted by molar-refractivity contribution is 7.89. The predicted molar refractivity (Wildman–Crippen MR) is 70.6 cm³/mol. The van der Waals surface area contributed by atoms with Gasteiger partial charge >= 0.3 is 5.97 Å². The molecular formula is C12H14ClNO4S. The first kappa shape index (κ1) is 14.3. The number of sulfonamides is 1. The van der Waals surface area contributed by atoms with E-state index in [0.29, 0.717) is 24.4 Å². The SMILES string of the molecule is O=C(O)C1CCCN(S(=O)(=O)c2cccc(Cl)c2)C1. The number of hydrogen-bond acceptors (Lipinski definition) is 3. The van der Waals surface area contributed by atoms with Crippen LogP contribution in [0.25, 0.3) is 0 Å². The summed E-state index contributed by atoms with van der Waals surface area (Å²) in [5.41, 5.74) is 0. The van der Waals surface area contributed by atoms with Crippen molar-refractivity contribution in [1.29, 1.82) is 0 Å². The first-order chi connectivity index (χ1) is 8.91. The van der Waals surface area contributed by atoms with Crippen LogP contribution < -0.4 is 0 Å². The average molecular weight is 304 g/mol. The number of piperidine rings is 1. The van der Waals surface area contributed by atoms with E-state index >= 15 is 0 Å². The third-order valence-electron chi connectivity index (χ3n) is 3.17. The van der Waals surface area contributed by atoms with Gasteiger partial charge in [0.05, 0.1) is 10.8 Å². The highest BCUT2D eigenvalue weighted by atomic mass is 35.5. The van der Waals surface area contributed by atoms with Gasteiger partial charge in [-0.1, -0.05) is 17.7 Å². The van der Waals surface area contributed by atoms with Crippen LogP contribution in [0, 0.1) is 5.92 Å². The van der Waals surface area contributed by atoms with Crippen molar-refractivity contribution < 1.29 is 18.3 Å². The van der Waals surface area contributed by atoms with Gasteiger partial charge in [-0.2, -0.15) is 4.31 Å². The Morgan fingerprint density at radius 3 is 2.79 bits per heavy atom. The number of aliphatic carboxylic acids is 1. The molecule has 0 amide bonds. The first-order valence-corrected chi connectivity index (χ1v) is 7.71. The van der Waals surface area contributed by atoms with Crippen molar-refractivity contribution in [3.05, 3.63) is 29.3 Å². The molecule has 0 radical (unpaired) electrons. The van der Waals surface area contributed by atoms with Crippen molar-refractivity contribution in [2.24, 2.45) is 5.92 Å². The smallest absolute Gasteiger partial charge is 0.307 e. The Kier molecular flexibility index (Phi) is 4.13. The van der Waals surface area contributed by atoms with Crippen LogP contribution in [-0.4, -0.2) is 36.9 Å². The standard InChI is InChI=1S/C12H14ClNO4S/c13-10-4-1-5-11(7-10)19(17,18)14-6-2-3-9(8-14)12(15)16/h1,4-5,7,9H,2-3,6,8H2,(H,15,16). The van der Waals surface area contributed by atoms with Crippen LogP contribution in [0.5, 0.6) is 0 Å². The zero-order valence-electron chi connectivity index (χ0n) is 10.1. The molecule has 1 aliphatic heterocycles. The van der Waals surface area contributed by atoms with Crippen LogP contribution in [0.3, 0.4) is 0 Å². The third kappa shape index (κ3) is 3.08. The second-order valence-electron chi connectivity index (χ2n) is 4.50. The number of hydrogen-bond donors (Lipinski definition) is 1. The number of benzene rings is 1. The topological polar surface area (TPSA) is 74.7 Å². The lowest BCUT2D eigenvalue weighted by molar-refractivity contribution is -0.142. The van der Waals surface area contributed by atoms with E-state index < -0.39 is 21.9 Å². The third-order valence-corrected chi connectivity index (χ3v) is 5.26. The highest BCUT2D eigenvalue weighted by Gasteiger charge is 2.33. The maximum Gasteiger partial charge on any atom is 0.307 e. The minimum atomic E-state index is -3.67. The van der Waals surface area contributed by atoms with Crippen molar-refractivity contribution in [1.82, 2.24) is 4.31 Å². The van der Waals surface area contributed by atoms with E-state index in [-0.39, 0.29) is 11.4 Å². The number of carboxylic acids is 1.